The highest BCUT2D eigenvalue weighted by Gasteiger charge is 2.29. The number of amides is 1. The van der Waals surface area contributed by atoms with Crippen LogP contribution >= 0.6 is 11.3 Å². The molecule has 1 amide bonds. The highest BCUT2D eigenvalue weighted by atomic mass is 32.2. The van der Waals surface area contributed by atoms with E-state index in [1.807, 2.05) is 11.4 Å². The number of sulfonamides is 1. The summed E-state index contributed by atoms with van der Waals surface area (Å²) in [4.78, 5) is 18.8. The molecule has 0 aromatic carbocycles. The average molecular weight is 381 g/mol. The molecular weight excluding hydrogens is 362 g/mol. The minimum Gasteiger partial charge on any atom is -0.373 e. The molecule has 2 aromatic rings. The van der Waals surface area contributed by atoms with Crippen molar-refractivity contribution in [1.82, 2.24) is 14.6 Å². The van der Waals surface area contributed by atoms with Gasteiger partial charge in [-0.3, -0.25) is 9.78 Å². The molecule has 7 nitrogen and oxygen atoms in total. The zero-order valence-electron chi connectivity index (χ0n) is 13.5. The van der Waals surface area contributed by atoms with Crippen molar-refractivity contribution in [3.05, 3.63) is 52.5 Å². The van der Waals surface area contributed by atoms with Gasteiger partial charge in [-0.05, 0) is 23.6 Å². The number of morpholine rings is 1. The van der Waals surface area contributed by atoms with Gasteiger partial charge < -0.3 is 9.64 Å². The summed E-state index contributed by atoms with van der Waals surface area (Å²) >= 11 is 1.38. The van der Waals surface area contributed by atoms with Crippen molar-refractivity contribution < 1.29 is 17.9 Å². The van der Waals surface area contributed by atoms with Crippen LogP contribution in [0.4, 0.5) is 0 Å². The molecular formula is C16H19N3O4S2. The normalized spacial score (nSPS) is 18.2. The van der Waals surface area contributed by atoms with Gasteiger partial charge in [-0.1, -0.05) is 12.1 Å². The third-order valence-corrected chi connectivity index (χ3v) is 6.02. The quantitative estimate of drug-likeness (QED) is 0.810. The van der Waals surface area contributed by atoms with Crippen molar-refractivity contribution in [2.24, 2.45) is 0 Å². The lowest BCUT2D eigenvalue weighted by atomic mass is 10.3. The first kappa shape index (κ1) is 18.0. The Kier molecular flexibility index (Phi) is 5.79. The van der Waals surface area contributed by atoms with Crippen molar-refractivity contribution in [3.8, 4) is 0 Å². The first-order valence-corrected chi connectivity index (χ1v) is 10.4. The molecule has 0 aliphatic carbocycles. The van der Waals surface area contributed by atoms with E-state index in [4.69, 9.17) is 4.74 Å². The van der Waals surface area contributed by atoms with Crippen LogP contribution in [0.25, 0.3) is 0 Å². The molecule has 0 bridgehead atoms. The van der Waals surface area contributed by atoms with Crippen molar-refractivity contribution in [2.45, 2.75) is 12.6 Å². The zero-order valence-corrected chi connectivity index (χ0v) is 15.1. The number of aromatic nitrogens is 1. The molecule has 0 spiro atoms. The lowest BCUT2D eigenvalue weighted by molar-refractivity contribution is -0.0108. The fourth-order valence-electron chi connectivity index (χ4n) is 2.55. The maximum Gasteiger partial charge on any atom is 0.264 e. The summed E-state index contributed by atoms with van der Waals surface area (Å²) in [6.07, 6.45) is 1.07. The van der Waals surface area contributed by atoms with Crippen LogP contribution in [0.2, 0.25) is 0 Å². The van der Waals surface area contributed by atoms with Crippen molar-refractivity contribution in [3.63, 3.8) is 0 Å². The molecule has 1 atom stereocenters. The van der Waals surface area contributed by atoms with E-state index < -0.39 is 16.1 Å². The summed E-state index contributed by atoms with van der Waals surface area (Å²) in [6.45, 7) is 1.20. The number of nitrogens with zero attached hydrogens (tertiary/aromatic N) is 2. The third-order valence-electron chi connectivity index (χ3n) is 3.76. The molecule has 134 valence electrons. The molecule has 1 N–H and O–H groups in total. The van der Waals surface area contributed by atoms with E-state index in [0.29, 0.717) is 23.7 Å². The van der Waals surface area contributed by atoms with Crippen LogP contribution in [0.3, 0.4) is 0 Å². The van der Waals surface area contributed by atoms with Gasteiger partial charge >= 0.3 is 0 Å². The zero-order chi connectivity index (χ0) is 17.7. The number of carbonyl (C=O) groups is 1. The summed E-state index contributed by atoms with van der Waals surface area (Å²) in [5.74, 6) is -0.268. The molecule has 0 unspecified atom stereocenters. The van der Waals surface area contributed by atoms with Gasteiger partial charge in [0.1, 0.15) is 0 Å². The number of pyridine rings is 1. The van der Waals surface area contributed by atoms with E-state index in [1.165, 1.54) is 11.3 Å². The SMILES string of the molecule is O=C(c1cccs1)N1CCO[C@@H](CS(=O)(=O)NCc2ccccn2)C1. The van der Waals surface area contributed by atoms with Crippen molar-refractivity contribution in [2.75, 3.05) is 25.4 Å². The van der Waals surface area contributed by atoms with Gasteiger partial charge in [-0.25, -0.2) is 13.1 Å². The summed E-state index contributed by atoms with van der Waals surface area (Å²) in [7, 11) is -3.53. The van der Waals surface area contributed by atoms with Gasteiger partial charge in [0.05, 0.1) is 35.6 Å². The Balaban J connectivity index is 1.55. The monoisotopic (exact) mass is 381 g/mol. The Morgan fingerprint density at radius 3 is 2.96 bits per heavy atom. The molecule has 1 fully saturated rings. The van der Waals surface area contributed by atoms with Crippen molar-refractivity contribution in [1.29, 1.82) is 0 Å². The number of ether oxygens (including phenoxy) is 1. The molecule has 1 aliphatic rings. The largest absolute Gasteiger partial charge is 0.373 e. The smallest absolute Gasteiger partial charge is 0.264 e. The van der Waals surface area contributed by atoms with Gasteiger partial charge in [0.25, 0.3) is 5.91 Å². The van der Waals surface area contributed by atoms with Gasteiger partial charge in [0, 0.05) is 19.3 Å². The van der Waals surface area contributed by atoms with Crippen LogP contribution in [-0.4, -0.2) is 55.8 Å². The van der Waals surface area contributed by atoms with Crippen LogP contribution in [0.5, 0.6) is 0 Å². The molecule has 2 aromatic heterocycles. The predicted octanol–water partition coefficient (Wildman–Crippen LogP) is 1.10. The number of hydrogen-bond acceptors (Lipinski definition) is 6. The molecule has 25 heavy (non-hydrogen) atoms. The molecule has 3 rings (SSSR count). The second-order valence-corrected chi connectivity index (χ2v) is 8.44. The maximum absolute atomic E-state index is 12.4. The molecule has 0 radical (unpaired) electrons. The lowest BCUT2D eigenvalue weighted by Gasteiger charge is -2.32. The maximum atomic E-state index is 12.4. The second kappa shape index (κ2) is 8.05. The third kappa shape index (κ3) is 5.08. The number of rotatable bonds is 6. The summed E-state index contributed by atoms with van der Waals surface area (Å²) in [5, 5.41) is 1.84. The fraction of sp³-hybridized carbons (Fsp3) is 0.375. The number of thiophene rings is 1. The molecule has 3 heterocycles. The van der Waals surface area contributed by atoms with Crippen molar-refractivity contribution >= 4 is 27.3 Å². The van der Waals surface area contributed by atoms with Crippen LogP contribution in [0.15, 0.2) is 41.9 Å². The van der Waals surface area contributed by atoms with E-state index in [1.54, 1.807) is 35.4 Å². The summed E-state index contributed by atoms with van der Waals surface area (Å²) in [5.41, 5.74) is 0.644. The fourth-order valence-corrected chi connectivity index (χ4v) is 4.42. The molecule has 1 saturated heterocycles. The average Bonchev–Trinajstić information content (AvgIpc) is 3.15. The number of hydrogen-bond donors (Lipinski definition) is 1. The second-order valence-electron chi connectivity index (χ2n) is 5.64. The standard InChI is InChI=1S/C16H19N3O4S2/c20-16(15-5-3-9-24-15)19-7-8-23-14(11-19)12-25(21,22)18-10-13-4-1-2-6-17-13/h1-6,9,14,18H,7-8,10-12H2/t14-/m1/s1. The Morgan fingerprint density at radius 2 is 2.24 bits per heavy atom. The Hall–Kier alpha value is -1.81. The van der Waals surface area contributed by atoms with E-state index in [-0.39, 0.29) is 24.7 Å². The van der Waals surface area contributed by atoms with Crippen LogP contribution in [0, 0.1) is 0 Å². The Morgan fingerprint density at radius 1 is 1.36 bits per heavy atom. The molecule has 1 aliphatic heterocycles. The van der Waals surface area contributed by atoms with E-state index in [0.717, 1.165) is 0 Å². The highest BCUT2D eigenvalue weighted by molar-refractivity contribution is 7.89. The highest BCUT2D eigenvalue weighted by Crippen LogP contribution is 2.15. The Labute approximate surface area is 150 Å². The topological polar surface area (TPSA) is 88.6 Å². The molecule has 9 heteroatoms. The minimum atomic E-state index is -3.53. The van der Waals surface area contributed by atoms with Gasteiger partial charge in [-0.15, -0.1) is 11.3 Å². The minimum absolute atomic E-state index is 0.0813. The van der Waals surface area contributed by atoms with Gasteiger partial charge in [0.15, 0.2) is 0 Å². The lowest BCUT2D eigenvalue weighted by Crippen LogP contribution is -2.48. The van der Waals surface area contributed by atoms with Gasteiger partial charge in [-0.2, -0.15) is 0 Å². The van der Waals surface area contributed by atoms with Crippen LogP contribution in [0.1, 0.15) is 15.4 Å². The predicted molar refractivity (Wildman–Crippen MR) is 94.8 cm³/mol. The summed E-state index contributed by atoms with van der Waals surface area (Å²) in [6, 6.07) is 8.91. The van der Waals surface area contributed by atoms with E-state index in [2.05, 4.69) is 9.71 Å². The van der Waals surface area contributed by atoms with Gasteiger partial charge in [0.2, 0.25) is 10.0 Å². The van der Waals surface area contributed by atoms with E-state index in [9.17, 15) is 13.2 Å². The first-order valence-electron chi connectivity index (χ1n) is 7.85. The number of carbonyl (C=O) groups excluding carboxylic acids is 1. The Bertz CT molecular complexity index is 794. The summed E-state index contributed by atoms with van der Waals surface area (Å²) < 4.78 is 32.6. The van der Waals surface area contributed by atoms with E-state index >= 15 is 0 Å². The molecule has 0 saturated carbocycles. The van der Waals surface area contributed by atoms with Crippen LogP contribution in [-0.2, 0) is 21.3 Å². The first-order chi connectivity index (χ1) is 12.0. The number of nitrogens with one attached hydrogen (secondary N) is 1. The van der Waals surface area contributed by atoms with Crippen LogP contribution < -0.4 is 4.72 Å².